The predicted molar refractivity (Wildman–Crippen MR) is 113 cm³/mol. The van der Waals surface area contributed by atoms with E-state index in [1.807, 2.05) is 51.7 Å². The molecule has 156 valence electrons. The van der Waals surface area contributed by atoms with Crippen LogP contribution in [0.4, 0.5) is 4.79 Å². The molecule has 0 spiro atoms. The molecule has 2 amide bonds. The van der Waals surface area contributed by atoms with E-state index in [4.69, 9.17) is 16.3 Å². The minimum atomic E-state index is -0.593. The van der Waals surface area contributed by atoms with E-state index in [1.165, 1.54) is 5.56 Å². The number of nitrogens with zero attached hydrogens (tertiary/aromatic N) is 1. The van der Waals surface area contributed by atoms with Crippen LogP contribution in [0.2, 0.25) is 5.02 Å². The number of halogens is 1. The second-order valence-electron chi connectivity index (χ2n) is 8.66. The Kier molecular flexibility index (Phi) is 7.76. The SMILES string of the molecule is CC[C@H](C)[C@H](NC(=O)OC(C)(C)C)C(=O)N1CCC(c2ccc(Cl)cc2)CC1. The van der Waals surface area contributed by atoms with E-state index in [-0.39, 0.29) is 11.8 Å². The number of ether oxygens (including phenoxy) is 1. The van der Waals surface area contributed by atoms with Gasteiger partial charge in [0.05, 0.1) is 0 Å². The van der Waals surface area contributed by atoms with E-state index in [2.05, 4.69) is 17.4 Å². The van der Waals surface area contributed by atoms with Crippen molar-refractivity contribution in [3.05, 3.63) is 34.9 Å². The highest BCUT2D eigenvalue weighted by Crippen LogP contribution is 2.29. The Morgan fingerprint density at radius 1 is 1.21 bits per heavy atom. The smallest absolute Gasteiger partial charge is 0.408 e. The van der Waals surface area contributed by atoms with Gasteiger partial charge in [-0.05, 0) is 63.1 Å². The van der Waals surface area contributed by atoms with E-state index in [0.29, 0.717) is 19.0 Å². The Morgan fingerprint density at radius 3 is 2.29 bits per heavy atom. The number of rotatable bonds is 5. The summed E-state index contributed by atoms with van der Waals surface area (Å²) in [6.45, 7) is 10.8. The molecule has 1 N–H and O–H groups in total. The number of carbonyl (C=O) groups excluding carboxylic acids is 2. The third-order valence-electron chi connectivity index (χ3n) is 5.30. The second kappa shape index (κ2) is 9.64. The first-order chi connectivity index (χ1) is 13.1. The monoisotopic (exact) mass is 408 g/mol. The van der Waals surface area contributed by atoms with E-state index < -0.39 is 17.7 Å². The topological polar surface area (TPSA) is 58.6 Å². The zero-order chi connectivity index (χ0) is 20.9. The molecule has 1 aromatic carbocycles. The summed E-state index contributed by atoms with van der Waals surface area (Å²) < 4.78 is 5.35. The van der Waals surface area contributed by atoms with Crippen LogP contribution >= 0.6 is 11.6 Å². The van der Waals surface area contributed by atoms with Crippen LogP contribution in [0.1, 0.15) is 65.4 Å². The van der Waals surface area contributed by atoms with Gasteiger partial charge in [0.25, 0.3) is 0 Å². The zero-order valence-electron chi connectivity index (χ0n) is 17.6. The average Bonchev–Trinajstić information content (AvgIpc) is 2.64. The van der Waals surface area contributed by atoms with Crippen LogP contribution in [0, 0.1) is 5.92 Å². The Bertz CT molecular complexity index is 661. The van der Waals surface area contributed by atoms with Gasteiger partial charge in [-0.2, -0.15) is 0 Å². The molecule has 1 aliphatic heterocycles. The minimum absolute atomic E-state index is 0.0187. The van der Waals surface area contributed by atoms with Gasteiger partial charge in [0.2, 0.25) is 5.91 Å². The van der Waals surface area contributed by atoms with Crippen LogP contribution in [0.25, 0.3) is 0 Å². The fraction of sp³-hybridized carbons (Fsp3) is 0.636. The maximum Gasteiger partial charge on any atom is 0.408 e. The minimum Gasteiger partial charge on any atom is -0.444 e. The maximum atomic E-state index is 13.1. The van der Waals surface area contributed by atoms with E-state index >= 15 is 0 Å². The lowest BCUT2D eigenvalue weighted by Crippen LogP contribution is -2.54. The number of alkyl carbamates (subject to hydrolysis) is 1. The summed E-state index contributed by atoms with van der Waals surface area (Å²) >= 11 is 5.98. The molecule has 0 aromatic heterocycles. The van der Waals surface area contributed by atoms with E-state index in [1.54, 1.807) is 0 Å². The van der Waals surface area contributed by atoms with Crippen molar-refractivity contribution in [3.8, 4) is 0 Å². The first-order valence-electron chi connectivity index (χ1n) is 10.1. The first kappa shape index (κ1) is 22.5. The lowest BCUT2D eigenvalue weighted by molar-refractivity contribution is -0.135. The molecule has 0 unspecified atom stereocenters. The molecule has 1 heterocycles. The summed E-state index contributed by atoms with van der Waals surface area (Å²) in [6.07, 6.45) is 2.08. The third-order valence-corrected chi connectivity index (χ3v) is 5.55. The van der Waals surface area contributed by atoms with Crippen molar-refractivity contribution in [3.63, 3.8) is 0 Å². The van der Waals surface area contributed by atoms with Crippen LogP contribution in [-0.4, -0.2) is 41.6 Å². The number of carbonyl (C=O) groups is 2. The Hall–Kier alpha value is -1.75. The van der Waals surface area contributed by atoms with Crippen molar-refractivity contribution in [1.29, 1.82) is 0 Å². The van der Waals surface area contributed by atoms with Crippen molar-refractivity contribution in [2.45, 2.75) is 71.4 Å². The molecule has 28 heavy (non-hydrogen) atoms. The van der Waals surface area contributed by atoms with Crippen molar-refractivity contribution < 1.29 is 14.3 Å². The molecule has 1 aliphatic rings. The Labute approximate surface area is 173 Å². The van der Waals surface area contributed by atoms with Gasteiger partial charge in [-0.1, -0.05) is 44.0 Å². The molecule has 1 saturated heterocycles. The molecule has 2 rings (SSSR count). The number of amides is 2. The molecular weight excluding hydrogens is 376 g/mol. The van der Waals surface area contributed by atoms with Gasteiger partial charge in [-0.25, -0.2) is 4.79 Å². The fourth-order valence-corrected chi connectivity index (χ4v) is 3.61. The van der Waals surface area contributed by atoms with Crippen LogP contribution < -0.4 is 5.32 Å². The molecule has 5 nitrogen and oxygen atoms in total. The van der Waals surface area contributed by atoms with Gasteiger partial charge in [-0.15, -0.1) is 0 Å². The summed E-state index contributed by atoms with van der Waals surface area (Å²) in [5, 5.41) is 3.54. The maximum absolute atomic E-state index is 13.1. The van der Waals surface area contributed by atoms with Crippen LogP contribution in [-0.2, 0) is 9.53 Å². The highest BCUT2D eigenvalue weighted by Gasteiger charge is 2.33. The lowest BCUT2D eigenvalue weighted by Gasteiger charge is -2.36. The van der Waals surface area contributed by atoms with Gasteiger partial charge in [0.1, 0.15) is 11.6 Å². The van der Waals surface area contributed by atoms with Crippen molar-refractivity contribution in [2.75, 3.05) is 13.1 Å². The largest absolute Gasteiger partial charge is 0.444 e. The van der Waals surface area contributed by atoms with Gasteiger partial charge in [0.15, 0.2) is 0 Å². The predicted octanol–water partition coefficient (Wildman–Crippen LogP) is 4.99. The fourth-order valence-electron chi connectivity index (χ4n) is 3.48. The molecule has 0 aliphatic carbocycles. The summed E-state index contributed by atoms with van der Waals surface area (Å²) in [7, 11) is 0. The van der Waals surface area contributed by atoms with Crippen molar-refractivity contribution in [2.24, 2.45) is 5.92 Å². The number of nitrogens with one attached hydrogen (secondary N) is 1. The normalized spacial score (nSPS) is 17.7. The van der Waals surface area contributed by atoms with Crippen LogP contribution in [0.5, 0.6) is 0 Å². The van der Waals surface area contributed by atoms with Gasteiger partial charge >= 0.3 is 6.09 Å². The van der Waals surface area contributed by atoms with Crippen LogP contribution in [0.3, 0.4) is 0 Å². The van der Waals surface area contributed by atoms with Crippen LogP contribution in [0.15, 0.2) is 24.3 Å². The summed E-state index contributed by atoms with van der Waals surface area (Å²) in [5.74, 6) is 0.450. The highest BCUT2D eigenvalue weighted by molar-refractivity contribution is 6.30. The first-order valence-corrected chi connectivity index (χ1v) is 10.5. The second-order valence-corrected chi connectivity index (χ2v) is 9.10. The highest BCUT2D eigenvalue weighted by atomic mass is 35.5. The number of hydrogen-bond acceptors (Lipinski definition) is 3. The molecule has 2 atom stereocenters. The summed E-state index contributed by atoms with van der Waals surface area (Å²) in [6, 6.07) is 7.40. The standard InChI is InChI=1S/C22H33ClN2O3/c1-6-15(2)19(24-21(27)28-22(3,4)5)20(26)25-13-11-17(12-14-25)16-7-9-18(23)10-8-16/h7-10,15,17,19H,6,11-14H2,1-5H3,(H,24,27)/t15-,19-/m0/s1. The molecule has 1 aromatic rings. The molecule has 1 fully saturated rings. The summed E-state index contributed by atoms with van der Waals surface area (Å²) in [4.78, 5) is 27.2. The van der Waals surface area contributed by atoms with E-state index in [0.717, 1.165) is 24.3 Å². The number of benzene rings is 1. The number of hydrogen-bond donors (Lipinski definition) is 1. The van der Waals surface area contributed by atoms with E-state index in [9.17, 15) is 9.59 Å². The molecule has 0 saturated carbocycles. The number of likely N-dealkylation sites (tertiary alicyclic amines) is 1. The quantitative estimate of drug-likeness (QED) is 0.746. The van der Waals surface area contributed by atoms with Gasteiger partial charge < -0.3 is 15.0 Å². The Morgan fingerprint density at radius 2 is 1.79 bits per heavy atom. The van der Waals surface area contributed by atoms with Gasteiger partial charge in [-0.3, -0.25) is 4.79 Å². The molecule has 0 radical (unpaired) electrons. The average molecular weight is 409 g/mol. The third kappa shape index (κ3) is 6.40. The zero-order valence-corrected chi connectivity index (χ0v) is 18.4. The molecule has 0 bridgehead atoms. The lowest BCUT2D eigenvalue weighted by atomic mass is 9.88. The van der Waals surface area contributed by atoms with Gasteiger partial charge in [0, 0.05) is 18.1 Å². The van der Waals surface area contributed by atoms with Crippen molar-refractivity contribution in [1.82, 2.24) is 10.2 Å². The summed E-state index contributed by atoms with van der Waals surface area (Å²) in [5.41, 5.74) is 0.672. The Balaban J connectivity index is 1.99. The number of piperidine rings is 1. The van der Waals surface area contributed by atoms with Crippen molar-refractivity contribution >= 4 is 23.6 Å². The molecular formula is C22H33ClN2O3. The molecule has 6 heteroatoms.